The standard InChI is InChI=1S/C6H3BrF3IN2O/c7-2-1-3(11)5(13-4(2)12)14-6(8,9)10/h1H,(H2,12,13). The van der Waals surface area contributed by atoms with Gasteiger partial charge in [-0.15, -0.1) is 13.2 Å². The summed E-state index contributed by atoms with van der Waals surface area (Å²) in [5.41, 5.74) is 5.30. The van der Waals surface area contributed by atoms with Gasteiger partial charge in [0.05, 0.1) is 8.04 Å². The van der Waals surface area contributed by atoms with E-state index in [2.05, 4.69) is 25.7 Å². The number of nitrogens with zero attached hydrogens (tertiary/aromatic N) is 1. The Hall–Kier alpha value is -0.250. The number of aromatic nitrogens is 1. The van der Waals surface area contributed by atoms with Crippen molar-refractivity contribution in [2.45, 2.75) is 6.36 Å². The largest absolute Gasteiger partial charge is 0.574 e. The molecule has 0 saturated carbocycles. The van der Waals surface area contributed by atoms with Crippen LogP contribution >= 0.6 is 38.5 Å². The van der Waals surface area contributed by atoms with Gasteiger partial charge in [0.25, 0.3) is 0 Å². The predicted octanol–water partition coefficient (Wildman–Crippen LogP) is 2.93. The van der Waals surface area contributed by atoms with Crippen molar-refractivity contribution in [3.05, 3.63) is 14.1 Å². The molecule has 0 radical (unpaired) electrons. The molecule has 0 saturated heterocycles. The molecule has 8 heteroatoms. The van der Waals surface area contributed by atoms with E-state index < -0.39 is 12.2 Å². The summed E-state index contributed by atoms with van der Waals surface area (Å²) in [5.74, 6) is -0.594. The Labute approximate surface area is 99.1 Å². The van der Waals surface area contributed by atoms with E-state index in [1.807, 2.05) is 0 Å². The molecular formula is C6H3BrF3IN2O. The molecule has 0 atom stereocenters. The van der Waals surface area contributed by atoms with Crippen molar-refractivity contribution < 1.29 is 17.9 Å². The van der Waals surface area contributed by atoms with Gasteiger partial charge in [0, 0.05) is 0 Å². The minimum Gasteiger partial charge on any atom is -0.387 e. The number of hydrogen-bond acceptors (Lipinski definition) is 3. The third kappa shape index (κ3) is 3.15. The van der Waals surface area contributed by atoms with Gasteiger partial charge in [0.15, 0.2) is 0 Å². The van der Waals surface area contributed by atoms with Crippen LogP contribution in [0.5, 0.6) is 5.88 Å². The monoisotopic (exact) mass is 382 g/mol. The average molecular weight is 383 g/mol. The molecule has 3 nitrogen and oxygen atoms in total. The number of halogens is 5. The second kappa shape index (κ2) is 4.09. The number of nitrogen functional groups attached to an aromatic ring is 1. The highest BCUT2D eigenvalue weighted by atomic mass is 127. The molecule has 0 aliphatic carbocycles. The fourth-order valence-electron chi connectivity index (χ4n) is 0.644. The second-order valence-electron chi connectivity index (χ2n) is 2.19. The smallest absolute Gasteiger partial charge is 0.387 e. The number of alkyl halides is 3. The Balaban J connectivity index is 3.04. The molecule has 78 valence electrons. The van der Waals surface area contributed by atoms with Gasteiger partial charge in [0.2, 0.25) is 5.88 Å². The number of nitrogens with two attached hydrogens (primary N) is 1. The van der Waals surface area contributed by atoms with E-state index >= 15 is 0 Å². The first-order valence-electron chi connectivity index (χ1n) is 3.17. The molecule has 1 aromatic rings. The molecule has 0 aliphatic heterocycles. The normalized spacial score (nSPS) is 11.5. The van der Waals surface area contributed by atoms with Gasteiger partial charge in [-0.1, -0.05) is 0 Å². The van der Waals surface area contributed by atoms with Crippen LogP contribution in [0.3, 0.4) is 0 Å². The zero-order chi connectivity index (χ0) is 10.9. The van der Waals surface area contributed by atoms with E-state index in [0.717, 1.165) is 0 Å². The van der Waals surface area contributed by atoms with Crippen LogP contribution in [0.4, 0.5) is 19.0 Å². The van der Waals surface area contributed by atoms with E-state index in [1.54, 1.807) is 22.6 Å². The van der Waals surface area contributed by atoms with Crippen molar-refractivity contribution in [1.29, 1.82) is 0 Å². The summed E-state index contributed by atoms with van der Waals surface area (Å²) < 4.78 is 39.8. The predicted molar refractivity (Wildman–Crippen MR) is 55.7 cm³/mol. The second-order valence-corrected chi connectivity index (χ2v) is 4.21. The van der Waals surface area contributed by atoms with Crippen LogP contribution in [0, 0.1) is 3.57 Å². The Kier molecular flexibility index (Phi) is 3.45. The summed E-state index contributed by atoms with van der Waals surface area (Å²) in [6, 6.07) is 1.39. The maximum atomic E-state index is 11.8. The van der Waals surface area contributed by atoms with Crippen molar-refractivity contribution in [2.75, 3.05) is 5.73 Å². The zero-order valence-corrected chi connectivity index (χ0v) is 10.1. The average Bonchev–Trinajstić information content (AvgIpc) is 1.97. The van der Waals surface area contributed by atoms with Crippen LogP contribution in [0.15, 0.2) is 10.5 Å². The summed E-state index contributed by atoms with van der Waals surface area (Å²) in [5, 5.41) is 0. The van der Waals surface area contributed by atoms with Crippen LogP contribution < -0.4 is 10.5 Å². The molecule has 1 aromatic heterocycles. The third-order valence-corrected chi connectivity index (χ3v) is 2.54. The summed E-state index contributed by atoms with van der Waals surface area (Å²) in [7, 11) is 0. The molecule has 14 heavy (non-hydrogen) atoms. The van der Waals surface area contributed by atoms with E-state index in [1.165, 1.54) is 6.07 Å². The van der Waals surface area contributed by atoms with Crippen LogP contribution in [0.1, 0.15) is 0 Å². The lowest BCUT2D eigenvalue weighted by molar-refractivity contribution is -0.276. The van der Waals surface area contributed by atoms with E-state index in [4.69, 9.17) is 5.73 Å². The van der Waals surface area contributed by atoms with E-state index in [0.29, 0.717) is 4.47 Å². The Bertz CT molecular complexity index is 358. The Morgan fingerprint density at radius 1 is 1.50 bits per heavy atom. The molecular weight excluding hydrogens is 380 g/mol. The van der Waals surface area contributed by atoms with Crippen molar-refractivity contribution in [1.82, 2.24) is 4.98 Å². The first-order chi connectivity index (χ1) is 6.29. The molecule has 1 heterocycles. The summed E-state index contributed by atoms with van der Waals surface area (Å²) in [6.07, 6.45) is -4.76. The van der Waals surface area contributed by atoms with Gasteiger partial charge < -0.3 is 10.5 Å². The highest BCUT2D eigenvalue weighted by Gasteiger charge is 2.33. The molecule has 2 N–H and O–H groups in total. The Morgan fingerprint density at radius 3 is 2.57 bits per heavy atom. The highest BCUT2D eigenvalue weighted by Crippen LogP contribution is 2.30. The van der Waals surface area contributed by atoms with Gasteiger partial charge in [-0.2, -0.15) is 4.98 Å². The molecule has 0 fully saturated rings. The number of ether oxygens (including phenoxy) is 1. The molecule has 1 rings (SSSR count). The number of anilines is 1. The van der Waals surface area contributed by atoms with Crippen molar-refractivity contribution in [3.63, 3.8) is 0 Å². The SMILES string of the molecule is Nc1nc(OC(F)(F)F)c(I)cc1Br. The maximum absolute atomic E-state index is 11.8. The zero-order valence-electron chi connectivity index (χ0n) is 6.40. The Morgan fingerprint density at radius 2 is 2.07 bits per heavy atom. The van der Waals surface area contributed by atoms with Gasteiger partial charge in [-0.3, -0.25) is 0 Å². The first-order valence-corrected chi connectivity index (χ1v) is 5.04. The fourth-order valence-corrected chi connectivity index (χ4v) is 1.93. The van der Waals surface area contributed by atoms with Crippen molar-refractivity contribution in [2.24, 2.45) is 0 Å². The van der Waals surface area contributed by atoms with E-state index in [9.17, 15) is 13.2 Å². The molecule has 0 amide bonds. The van der Waals surface area contributed by atoms with Crippen LogP contribution in [-0.2, 0) is 0 Å². The molecule has 0 aliphatic rings. The lowest BCUT2D eigenvalue weighted by Crippen LogP contribution is -2.19. The van der Waals surface area contributed by atoms with Crippen LogP contribution in [-0.4, -0.2) is 11.3 Å². The van der Waals surface area contributed by atoms with Gasteiger partial charge in [0.1, 0.15) is 5.82 Å². The minimum atomic E-state index is -4.76. The van der Waals surface area contributed by atoms with Crippen LogP contribution in [0.2, 0.25) is 0 Å². The van der Waals surface area contributed by atoms with Crippen molar-refractivity contribution >= 4 is 44.3 Å². The number of pyridine rings is 1. The molecule has 0 bridgehead atoms. The van der Waals surface area contributed by atoms with Gasteiger partial charge in [-0.05, 0) is 44.6 Å². The summed E-state index contributed by atoms with van der Waals surface area (Å²) in [4.78, 5) is 3.44. The minimum absolute atomic E-state index is 0.0512. The quantitative estimate of drug-likeness (QED) is 0.760. The number of rotatable bonds is 1. The molecule has 0 spiro atoms. The summed E-state index contributed by atoms with van der Waals surface area (Å²) in [6.45, 7) is 0. The lowest BCUT2D eigenvalue weighted by atomic mass is 10.4. The van der Waals surface area contributed by atoms with Crippen molar-refractivity contribution in [3.8, 4) is 5.88 Å². The third-order valence-electron chi connectivity index (χ3n) is 1.14. The maximum Gasteiger partial charge on any atom is 0.574 e. The van der Waals surface area contributed by atoms with Gasteiger partial charge >= 0.3 is 6.36 Å². The molecule has 0 aromatic carbocycles. The fraction of sp³-hybridized carbons (Fsp3) is 0.167. The van der Waals surface area contributed by atoms with Gasteiger partial charge in [-0.25, -0.2) is 0 Å². The first kappa shape index (κ1) is 11.8. The van der Waals surface area contributed by atoms with E-state index in [-0.39, 0.29) is 9.39 Å². The highest BCUT2D eigenvalue weighted by molar-refractivity contribution is 14.1. The molecule has 0 unspecified atom stereocenters. The number of hydrogen-bond donors (Lipinski definition) is 1. The topological polar surface area (TPSA) is 48.1 Å². The van der Waals surface area contributed by atoms with Crippen LogP contribution in [0.25, 0.3) is 0 Å². The lowest BCUT2D eigenvalue weighted by Gasteiger charge is -2.10. The summed E-state index contributed by atoms with van der Waals surface area (Å²) >= 11 is 4.70.